The molecule has 0 aliphatic carbocycles. The van der Waals surface area contributed by atoms with Crippen LogP contribution >= 0.6 is 11.3 Å². The molecule has 11 nitrogen and oxygen atoms in total. The zero-order valence-corrected chi connectivity index (χ0v) is 27.0. The van der Waals surface area contributed by atoms with E-state index in [-0.39, 0.29) is 17.2 Å². The quantitative estimate of drug-likeness (QED) is 0.211. The number of hydrogen-bond acceptors (Lipinski definition) is 9. The van der Waals surface area contributed by atoms with Crippen LogP contribution in [0.1, 0.15) is 37.9 Å². The van der Waals surface area contributed by atoms with Crippen LogP contribution in [0.15, 0.2) is 75.7 Å². The van der Waals surface area contributed by atoms with Crippen LogP contribution in [0.5, 0.6) is 5.75 Å². The highest BCUT2D eigenvalue weighted by atomic mass is 32.1. The number of morpholine rings is 1. The maximum atomic E-state index is 14.4. The molecule has 1 amide bonds. The molecule has 6 rings (SSSR count). The molecule has 12 heteroatoms. The topological polar surface area (TPSA) is 120 Å². The summed E-state index contributed by atoms with van der Waals surface area (Å²) in [7, 11) is 1.58. The van der Waals surface area contributed by atoms with Gasteiger partial charge in [0.25, 0.3) is 17.2 Å². The molecule has 0 radical (unpaired) electrons. The lowest BCUT2D eigenvalue weighted by Crippen LogP contribution is -2.43. The van der Waals surface area contributed by atoms with Crippen molar-refractivity contribution in [3.05, 3.63) is 107 Å². The molecule has 1 aromatic heterocycles. The Kier molecular flexibility index (Phi) is 8.74. The number of ether oxygens (including phenoxy) is 2. The summed E-state index contributed by atoms with van der Waals surface area (Å²) in [6, 6.07) is 15.8. The minimum absolute atomic E-state index is 0.0373. The average Bonchev–Trinajstić information content (AvgIpc) is 3.37. The Morgan fingerprint density at radius 1 is 1.15 bits per heavy atom. The van der Waals surface area contributed by atoms with Crippen molar-refractivity contribution in [2.45, 2.75) is 26.8 Å². The normalized spacial score (nSPS) is 16.7. The summed E-state index contributed by atoms with van der Waals surface area (Å²) < 4.78 is 13.2. The number of allylic oxidation sites excluding steroid dienone is 1. The third kappa shape index (κ3) is 5.47. The fraction of sp³-hybridized carbons (Fsp3) is 0.324. The molecule has 1 fully saturated rings. The van der Waals surface area contributed by atoms with Gasteiger partial charge in [-0.15, -0.1) is 0 Å². The van der Waals surface area contributed by atoms with E-state index in [9.17, 15) is 19.7 Å². The number of thiazole rings is 1. The maximum absolute atomic E-state index is 14.4. The van der Waals surface area contributed by atoms with E-state index in [0.717, 1.165) is 10.8 Å². The van der Waals surface area contributed by atoms with Gasteiger partial charge in [0.15, 0.2) is 4.80 Å². The Morgan fingerprint density at radius 2 is 1.89 bits per heavy atom. The number of methoxy groups -OCH3 is 1. The molecule has 2 aliphatic heterocycles. The molecule has 0 N–H and O–H groups in total. The van der Waals surface area contributed by atoms with Gasteiger partial charge in [-0.2, -0.15) is 0 Å². The van der Waals surface area contributed by atoms with E-state index >= 15 is 0 Å². The highest BCUT2D eigenvalue weighted by Crippen LogP contribution is 2.40. The van der Waals surface area contributed by atoms with Crippen LogP contribution in [0.2, 0.25) is 0 Å². The number of nitro groups is 1. The fourth-order valence-electron chi connectivity index (χ4n) is 6.28. The Morgan fingerprint density at radius 3 is 2.59 bits per heavy atom. The number of benzene rings is 3. The fourth-order valence-corrected chi connectivity index (χ4v) is 7.33. The predicted molar refractivity (Wildman–Crippen MR) is 178 cm³/mol. The first-order valence-corrected chi connectivity index (χ1v) is 16.1. The number of nitrogens with zero attached hydrogens (tertiary/aromatic N) is 5. The summed E-state index contributed by atoms with van der Waals surface area (Å²) in [6.45, 7) is 8.75. The van der Waals surface area contributed by atoms with Gasteiger partial charge >= 0.3 is 0 Å². The first kappa shape index (κ1) is 31.2. The first-order chi connectivity index (χ1) is 22.3. The molecule has 1 saturated heterocycles. The molecule has 46 heavy (non-hydrogen) atoms. The van der Waals surface area contributed by atoms with Gasteiger partial charge in [-0.3, -0.25) is 24.3 Å². The molecule has 3 aromatic carbocycles. The summed E-state index contributed by atoms with van der Waals surface area (Å²) in [4.78, 5) is 49.1. The summed E-state index contributed by atoms with van der Waals surface area (Å²) >= 11 is 1.19. The van der Waals surface area contributed by atoms with Gasteiger partial charge in [-0.25, -0.2) is 4.99 Å². The van der Waals surface area contributed by atoms with E-state index in [2.05, 4.69) is 0 Å². The van der Waals surface area contributed by atoms with E-state index in [1.54, 1.807) is 41.7 Å². The van der Waals surface area contributed by atoms with Gasteiger partial charge in [-0.1, -0.05) is 47.7 Å². The average molecular weight is 642 g/mol. The van der Waals surface area contributed by atoms with Crippen LogP contribution in [-0.4, -0.2) is 66.8 Å². The molecular weight excluding hydrogens is 606 g/mol. The number of anilines is 1. The Bertz CT molecular complexity index is 2060. The van der Waals surface area contributed by atoms with Crippen molar-refractivity contribution in [3.63, 3.8) is 0 Å². The number of carbonyl (C=O) groups is 1. The molecule has 2 aliphatic rings. The van der Waals surface area contributed by atoms with Gasteiger partial charge in [0, 0.05) is 37.8 Å². The summed E-state index contributed by atoms with van der Waals surface area (Å²) in [6.07, 6.45) is 1.66. The summed E-state index contributed by atoms with van der Waals surface area (Å²) in [5, 5.41) is 13.9. The van der Waals surface area contributed by atoms with Crippen LogP contribution in [0.4, 0.5) is 11.4 Å². The SMILES string of the molecule is CCN(CC)C(=O)C1=C(C)N=c2s/c(=C\c3ccc(N4CCOCC4)c([N+](=O)[O-])c3)c(=O)n2[C@@H]1c1c(OC)ccc2ccccc12. The zero-order chi connectivity index (χ0) is 32.5. The molecule has 238 valence electrons. The number of aromatic nitrogens is 1. The van der Waals surface area contributed by atoms with Crippen molar-refractivity contribution in [3.8, 4) is 5.75 Å². The number of likely N-dealkylation sites (N-methyl/N-ethyl adjacent to an activating group) is 1. The third-order valence-electron chi connectivity index (χ3n) is 8.57. The van der Waals surface area contributed by atoms with Gasteiger partial charge in [0.1, 0.15) is 17.5 Å². The monoisotopic (exact) mass is 641 g/mol. The van der Waals surface area contributed by atoms with Crippen molar-refractivity contribution >= 4 is 45.5 Å². The molecule has 1 atom stereocenters. The minimum atomic E-state index is -0.814. The number of nitro benzene ring substituents is 1. The Labute approximate surface area is 269 Å². The number of amides is 1. The highest BCUT2D eigenvalue weighted by Gasteiger charge is 2.36. The van der Waals surface area contributed by atoms with Gasteiger partial charge in [0.2, 0.25) is 0 Å². The molecule has 4 aromatic rings. The number of rotatable bonds is 8. The van der Waals surface area contributed by atoms with E-state index in [1.807, 2.05) is 55.1 Å². The third-order valence-corrected chi connectivity index (χ3v) is 9.56. The van der Waals surface area contributed by atoms with Crippen molar-refractivity contribution in [2.24, 2.45) is 4.99 Å². The van der Waals surface area contributed by atoms with Crippen LogP contribution in [0.3, 0.4) is 0 Å². The number of carbonyl (C=O) groups excluding carboxylic acids is 1. The van der Waals surface area contributed by atoms with Crippen LogP contribution in [0, 0.1) is 10.1 Å². The number of hydrogen-bond donors (Lipinski definition) is 0. The lowest BCUT2D eigenvalue weighted by atomic mass is 9.90. The Hall–Kier alpha value is -4.81. The van der Waals surface area contributed by atoms with Gasteiger partial charge in [0.05, 0.1) is 41.0 Å². The molecule has 3 heterocycles. The molecule has 0 bridgehead atoms. The van der Waals surface area contributed by atoms with Crippen molar-refractivity contribution in [1.29, 1.82) is 0 Å². The Balaban J connectivity index is 1.57. The van der Waals surface area contributed by atoms with Crippen molar-refractivity contribution < 1.29 is 19.2 Å². The highest BCUT2D eigenvalue weighted by molar-refractivity contribution is 7.07. The molecule has 0 saturated carbocycles. The first-order valence-electron chi connectivity index (χ1n) is 15.3. The predicted octanol–water partition coefficient (Wildman–Crippen LogP) is 4.01. The second-order valence-electron chi connectivity index (χ2n) is 11.1. The van der Waals surface area contributed by atoms with Crippen LogP contribution in [-0.2, 0) is 9.53 Å². The van der Waals surface area contributed by atoms with E-state index in [1.165, 1.54) is 17.4 Å². The second kappa shape index (κ2) is 12.9. The summed E-state index contributed by atoms with van der Waals surface area (Å²) in [5.41, 5.74) is 2.28. The molecule has 0 spiro atoms. The van der Waals surface area contributed by atoms with E-state index < -0.39 is 11.0 Å². The van der Waals surface area contributed by atoms with Crippen LogP contribution in [0.25, 0.3) is 16.8 Å². The van der Waals surface area contributed by atoms with E-state index in [0.29, 0.717) is 82.6 Å². The van der Waals surface area contributed by atoms with Gasteiger partial charge < -0.3 is 19.3 Å². The maximum Gasteiger partial charge on any atom is 0.293 e. The molecular formula is C34H35N5O6S. The largest absolute Gasteiger partial charge is 0.496 e. The van der Waals surface area contributed by atoms with Crippen LogP contribution < -0.4 is 24.5 Å². The lowest BCUT2D eigenvalue weighted by molar-refractivity contribution is -0.384. The zero-order valence-electron chi connectivity index (χ0n) is 26.2. The van der Waals surface area contributed by atoms with E-state index in [4.69, 9.17) is 14.5 Å². The molecule has 0 unspecified atom stereocenters. The number of fused-ring (bicyclic) bond motifs is 2. The lowest BCUT2D eigenvalue weighted by Gasteiger charge is -2.30. The standard InChI is InChI=1S/C34H35N5O6S/c1-5-36(6-2)33(41)29-21(3)35-34-38(31(29)30-24-10-8-7-9-23(24)12-14-27(30)44-4)32(40)28(46-34)20-22-11-13-25(26(19-22)39(42)43)37-15-17-45-18-16-37/h7-14,19-20,31H,5-6,15-18H2,1-4H3/b28-20-/t31-/m0/s1. The summed E-state index contributed by atoms with van der Waals surface area (Å²) in [5.74, 6) is 0.349. The van der Waals surface area contributed by atoms with Crippen molar-refractivity contribution in [1.82, 2.24) is 9.47 Å². The van der Waals surface area contributed by atoms with Crippen molar-refractivity contribution in [2.75, 3.05) is 51.4 Å². The second-order valence-corrected chi connectivity index (χ2v) is 12.1. The van der Waals surface area contributed by atoms with Gasteiger partial charge in [-0.05, 0) is 55.3 Å². The minimum Gasteiger partial charge on any atom is -0.496 e. The smallest absolute Gasteiger partial charge is 0.293 e.